The van der Waals surface area contributed by atoms with E-state index in [1.54, 1.807) is 61.2 Å². The molecule has 0 atom stereocenters. The van der Waals surface area contributed by atoms with Gasteiger partial charge in [-0.1, -0.05) is 23.4 Å². The number of aromatic nitrogens is 4. The SMILES string of the molecule is COc1ccccc1-n1ccc(C)c(C(=O)Nc2cccc3c2nnn3C)c1=O. The zero-order valence-corrected chi connectivity index (χ0v) is 16.2. The number of benzene rings is 2. The Morgan fingerprint density at radius 2 is 1.90 bits per heavy atom. The zero-order valence-electron chi connectivity index (χ0n) is 16.2. The summed E-state index contributed by atoms with van der Waals surface area (Å²) in [5, 5.41) is 10.9. The molecule has 0 radical (unpaired) electrons. The second-order valence-electron chi connectivity index (χ2n) is 6.56. The maximum Gasteiger partial charge on any atom is 0.268 e. The number of amides is 1. The Morgan fingerprint density at radius 3 is 2.69 bits per heavy atom. The Balaban J connectivity index is 1.78. The van der Waals surface area contributed by atoms with Gasteiger partial charge in [0, 0.05) is 13.2 Å². The van der Waals surface area contributed by atoms with Crippen LogP contribution in [0.4, 0.5) is 5.69 Å². The molecule has 0 bridgehead atoms. The lowest BCUT2D eigenvalue weighted by molar-refractivity contribution is 0.102. The molecule has 0 fully saturated rings. The molecule has 8 heteroatoms. The standard InChI is InChI=1S/C21H19N5O3/c1-13-11-12-26(15-8-4-5-10-17(15)29-3)21(28)18(13)20(27)22-14-7-6-9-16-19(14)23-24-25(16)2/h4-12H,1-3H3,(H,22,27). The van der Waals surface area contributed by atoms with Gasteiger partial charge in [-0.15, -0.1) is 5.10 Å². The largest absolute Gasteiger partial charge is 0.495 e. The summed E-state index contributed by atoms with van der Waals surface area (Å²) in [5.74, 6) is 0.0315. The van der Waals surface area contributed by atoms with E-state index in [2.05, 4.69) is 15.6 Å². The average molecular weight is 389 g/mol. The number of anilines is 1. The van der Waals surface area contributed by atoms with Crippen molar-refractivity contribution in [3.63, 3.8) is 0 Å². The molecule has 0 aliphatic rings. The molecule has 8 nitrogen and oxygen atoms in total. The molecule has 2 aromatic carbocycles. The molecule has 29 heavy (non-hydrogen) atoms. The van der Waals surface area contributed by atoms with Gasteiger partial charge < -0.3 is 10.1 Å². The number of methoxy groups -OCH3 is 1. The third kappa shape index (κ3) is 3.14. The summed E-state index contributed by atoms with van der Waals surface area (Å²) < 4.78 is 8.38. The summed E-state index contributed by atoms with van der Waals surface area (Å²) in [5.41, 5.74) is 2.58. The number of pyridine rings is 1. The highest BCUT2D eigenvalue weighted by Crippen LogP contribution is 2.23. The minimum Gasteiger partial charge on any atom is -0.495 e. The molecular formula is C21H19N5O3. The van der Waals surface area contributed by atoms with Crippen LogP contribution in [0.15, 0.2) is 59.5 Å². The van der Waals surface area contributed by atoms with Gasteiger partial charge in [-0.05, 0) is 42.8 Å². The molecule has 2 heterocycles. The summed E-state index contributed by atoms with van der Waals surface area (Å²) >= 11 is 0. The van der Waals surface area contributed by atoms with E-state index in [-0.39, 0.29) is 5.56 Å². The van der Waals surface area contributed by atoms with Crippen molar-refractivity contribution in [1.29, 1.82) is 0 Å². The molecule has 0 aliphatic carbocycles. The van der Waals surface area contributed by atoms with E-state index >= 15 is 0 Å². The highest BCUT2D eigenvalue weighted by Gasteiger charge is 2.19. The van der Waals surface area contributed by atoms with Gasteiger partial charge in [0.15, 0.2) is 0 Å². The molecule has 0 unspecified atom stereocenters. The van der Waals surface area contributed by atoms with Crippen molar-refractivity contribution in [2.75, 3.05) is 12.4 Å². The topological polar surface area (TPSA) is 91.0 Å². The predicted octanol–water partition coefficient (Wildman–Crippen LogP) is 2.69. The van der Waals surface area contributed by atoms with Crippen LogP contribution in [0, 0.1) is 6.92 Å². The predicted molar refractivity (Wildman–Crippen MR) is 110 cm³/mol. The second kappa shape index (κ2) is 7.23. The van der Waals surface area contributed by atoms with Crippen LogP contribution < -0.4 is 15.6 Å². The van der Waals surface area contributed by atoms with Crippen LogP contribution in [0.5, 0.6) is 5.75 Å². The molecule has 2 aromatic heterocycles. The Labute approximate surface area is 166 Å². The highest BCUT2D eigenvalue weighted by atomic mass is 16.5. The second-order valence-corrected chi connectivity index (χ2v) is 6.56. The van der Waals surface area contributed by atoms with E-state index in [4.69, 9.17) is 4.74 Å². The zero-order chi connectivity index (χ0) is 20.5. The molecule has 1 N–H and O–H groups in total. The van der Waals surface area contributed by atoms with Crippen molar-refractivity contribution >= 4 is 22.6 Å². The van der Waals surface area contributed by atoms with Crippen LogP contribution in [-0.2, 0) is 7.05 Å². The van der Waals surface area contributed by atoms with Gasteiger partial charge in [-0.25, -0.2) is 4.68 Å². The molecule has 0 spiro atoms. The van der Waals surface area contributed by atoms with Gasteiger partial charge in [0.05, 0.1) is 24.0 Å². The third-order valence-electron chi connectivity index (χ3n) is 4.76. The van der Waals surface area contributed by atoms with E-state index in [1.165, 1.54) is 11.7 Å². The van der Waals surface area contributed by atoms with E-state index in [1.807, 2.05) is 12.1 Å². The molecule has 0 saturated carbocycles. The fourth-order valence-corrected chi connectivity index (χ4v) is 3.26. The van der Waals surface area contributed by atoms with E-state index in [9.17, 15) is 9.59 Å². The first-order valence-corrected chi connectivity index (χ1v) is 8.96. The van der Waals surface area contributed by atoms with Crippen molar-refractivity contribution in [1.82, 2.24) is 19.6 Å². The Bertz CT molecular complexity index is 1290. The van der Waals surface area contributed by atoms with Crippen LogP contribution in [0.1, 0.15) is 15.9 Å². The van der Waals surface area contributed by atoms with E-state index in [0.29, 0.717) is 28.2 Å². The number of hydrogen-bond donors (Lipinski definition) is 1. The van der Waals surface area contributed by atoms with Gasteiger partial charge in [-0.2, -0.15) is 0 Å². The molecule has 1 amide bonds. The quantitative estimate of drug-likeness (QED) is 0.579. The maximum absolute atomic E-state index is 13.2. The average Bonchev–Trinajstić information content (AvgIpc) is 3.10. The van der Waals surface area contributed by atoms with Crippen molar-refractivity contribution in [2.45, 2.75) is 6.92 Å². The van der Waals surface area contributed by atoms with Crippen molar-refractivity contribution < 1.29 is 9.53 Å². The highest BCUT2D eigenvalue weighted by molar-refractivity contribution is 6.08. The lowest BCUT2D eigenvalue weighted by Crippen LogP contribution is -2.29. The van der Waals surface area contributed by atoms with Gasteiger partial charge in [0.25, 0.3) is 11.5 Å². The monoisotopic (exact) mass is 389 g/mol. The third-order valence-corrected chi connectivity index (χ3v) is 4.76. The number of fused-ring (bicyclic) bond motifs is 1. The van der Waals surface area contributed by atoms with Crippen LogP contribution in [0.3, 0.4) is 0 Å². The van der Waals surface area contributed by atoms with Crippen LogP contribution in [0.25, 0.3) is 16.7 Å². The first kappa shape index (κ1) is 18.4. The number of ether oxygens (including phenoxy) is 1. The fourth-order valence-electron chi connectivity index (χ4n) is 3.26. The molecule has 4 rings (SSSR count). The van der Waals surface area contributed by atoms with E-state index < -0.39 is 11.5 Å². The number of carbonyl (C=O) groups excluding carboxylic acids is 1. The summed E-state index contributed by atoms with van der Waals surface area (Å²) in [6, 6.07) is 14.3. The van der Waals surface area contributed by atoms with Crippen LogP contribution in [-0.4, -0.2) is 32.6 Å². The molecular weight excluding hydrogens is 370 g/mol. The number of para-hydroxylation sites is 2. The molecule has 0 aliphatic heterocycles. The van der Waals surface area contributed by atoms with Gasteiger partial charge in [0.2, 0.25) is 0 Å². The summed E-state index contributed by atoms with van der Waals surface area (Å²) in [6.45, 7) is 1.73. The molecule has 4 aromatic rings. The van der Waals surface area contributed by atoms with Crippen molar-refractivity contribution in [3.05, 3.63) is 76.2 Å². The van der Waals surface area contributed by atoms with Gasteiger partial charge in [-0.3, -0.25) is 14.2 Å². The first-order valence-electron chi connectivity index (χ1n) is 8.96. The van der Waals surface area contributed by atoms with Gasteiger partial charge >= 0.3 is 0 Å². The number of nitrogens with one attached hydrogen (secondary N) is 1. The number of hydrogen-bond acceptors (Lipinski definition) is 5. The van der Waals surface area contributed by atoms with E-state index in [0.717, 1.165) is 5.52 Å². The van der Waals surface area contributed by atoms with Crippen molar-refractivity contribution in [3.8, 4) is 11.4 Å². The number of nitrogens with zero attached hydrogens (tertiary/aromatic N) is 4. The smallest absolute Gasteiger partial charge is 0.268 e. The Kier molecular flexibility index (Phi) is 4.59. The summed E-state index contributed by atoms with van der Waals surface area (Å²) in [4.78, 5) is 26.2. The molecule has 146 valence electrons. The minimum absolute atomic E-state index is 0.0549. The number of carbonyl (C=O) groups is 1. The van der Waals surface area contributed by atoms with Crippen LogP contribution >= 0.6 is 0 Å². The Hall–Kier alpha value is -3.94. The summed E-state index contributed by atoms with van der Waals surface area (Å²) in [7, 11) is 3.31. The lowest BCUT2D eigenvalue weighted by atomic mass is 10.1. The minimum atomic E-state index is -0.505. The first-order chi connectivity index (χ1) is 14.0. The maximum atomic E-state index is 13.2. The van der Waals surface area contributed by atoms with Crippen molar-refractivity contribution in [2.24, 2.45) is 7.05 Å². The van der Waals surface area contributed by atoms with Gasteiger partial charge in [0.1, 0.15) is 16.8 Å². The van der Waals surface area contributed by atoms with Crippen LogP contribution in [0.2, 0.25) is 0 Å². The normalized spacial score (nSPS) is 10.9. The molecule has 0 saturated heterocycles. The Morgan fingerprint density at radius 1 is 1.10 bits per heavy atom. The number of rotatable bonds is 4. The fraction of sp³-hybridized carbons (Fsp3) is 0.143. The number of aryl methyl sites for hydroxylation is 2. The lowest BCUT2D eigenvalue weighted by Gasteiger charge is -2.13. The summed E-state index contributed by atoms with van der Waals surface area (Å²) in [6.07, 6.45) is 1.63.